The van der Waals surface area contributed by atoms with Gasteiger partial charge < -0.3 is 14.8 Å². The minimum absolute atomic E-state index is 0.0160. The first-order chi connectivity index (χ1) is 10.7. The van der Waals surface area contributed by atoms with Crippen LogP contribution in [0.25, 0.3) is 0 Å². The maximum Gasteiger partial charge on any atom is 0.128 e. The van der Waals surface area contributed by atoms with Crippen LogP contribution in [0.5, 0.6) is 11.5 Å². The van der Waals surface area contributed by atoms with Crippen molar-refractivity contribution in [3.05, 3.63) is 23.8 Å². The first-order valence-electron chi connectivity index (χ1n) is 8.53. The number of fused-ring (bicyclic) bond motifs is 1. The Hall–Kier alpha value is -1.26. The summed E-state index contributed by atoms with van der Waals surface area (Å²) >= 11 is 0. The average molecular weight is 304 g/mol. The first-order valence-corrected chi connectivity index (χ1v) is 8.53. The van der Waals surface area contributed by atoms with Crippen LogP contribution in [0.4, 0.5) is 0 Å². The zero-order valence-electron chi connectivity index (χ0n) is 14.0. The summed E-state index contributed by atoms with van der Waals surface area (Å²) in [6, 6.07) is 6.75. The summed E-state index contributed by atoms with van der Waals surface area (Å²) in [5.74, 6) is 1.90. The number of methoxy groups -OCH3 is 1. The van der Waals surface area contributed by atoms with Crippen molar-refractivity contribution in [3.63, 3.8) is 0 Å². The van der Waals surface area contributed by atoms with E-state index in [1.165, 1.54) is 5.56 Å². The normalized spacial score (nSPS) is 23.2. The molecule has 1 aromatic carbocycles. The largest absolute Gasteiger partial charge is 0.497 e. The molecule has 1 unspecified atom stereocenters. The van der Waals surface area contributed by atoms with Gasteiger partial charge in [0.2, 0.25) is 0 Å². The van der Waals surface area contributed by atoms with Crippen LogP contribution in [0.2, 0.25) is 0 Å². The van der Waals surface area contributed by atoms with Crippen molar-refractivity contribution in [3.8, 4) is 11.5 Å². The molecule has 22 heavy (non-hydrogen) atoms. The van der Waals surface area contributed by atoms with E-state index in [0.29, 0.717) is 6.04 Å². The molecule has 3 rings (SSSR count). The van der Waals surface area contributed by atoms with Gasteiger partial charge in [0, 0.05) is 24.1 Å². The molecule has 4 nitrogen and oxygen atoms in total. The Kier molecular flexibility index (Phi) is 4.59. The monoisotopic (exact) mass is 304 g/mol. The molecule has 2 heterocycles. The number of piperidine rings is 1. The lowest BCUT2D eigenvalue weighted by Gasteiger charge is -2.47. The summed E-state index contributed by atoms with van der Waals surface area (Å²) < 4.78 is 11.9. The fourth-order valence-corrected chi connectivity index (χ4v) is 3.92. The van der Waals surface area contributed by atoms with Crippen molar-refractivity contribution in [2.45, 2.75) is 44.8 Å². The minimum Gasteiger partial charge on any atom is -0.497 e. The van der Waals surface area contributed by atoms with Gasteiger partial charge in [0.05, 0.1) is 7.11 Å². The molecule has 1 spiro atoms. The van der Waals surface area contributed by atoms with Gasteiger partial charge >= 0.3 is 0 Å². The standard InChI is InChI=1S/C18H28N2O2/c1-4-20(5-2)16-13-18(8-10-19-11-9-18)22-17-12-14(21-3)6-7-15(16)17/h6-7,12,16,19H,4-5,8-11,13H2,1-3H3. The van der Waals surface area contributed by atoms with Gasteiger partial charge in [-0.05, 0) is 45.1 Å². The van der Waals surface area contributed by atoms with Crippen molar-refractivity contribution in [2.24, 2.45) is 0 Å². The van der Waals surface area contributed by atoms with Gasteiger partial charge in [-0.1, -0.05) is 19.9 Å². The molecule has 0 bridgehead atoms. The van der Waals surface area contributed by atoms with E-state index < -0.39 is 0 Å². The molecule has 1 saturated heterocycles. The summed E-state index contributed by atoms with van der Waals surface area (Å²) in [4.78, 5) is 2.55. The Labute approximate surface area is 133 Å². The van der Waals surface area contributed by atoms with E-state index in [0.717, 1.165) is 56.9 Å². The highest BCUT2D eigenvalue weighted by atomic mass is 16.5. The third kappa shape index (κ3) is 2.82. The highest BCUT2D eigenvalue weighted by Gasteiger charge is 2.43. The highest BCUT2D eigenvalue weighted by molar-refractivity contribution is 5.44. The maximum absolute atomic E-state index is 6.53. The molecule has 0 amide bonds. The van der Waals surface area contributed by atoms with Gasteiger partial charge in [0.25, 0.3) is 0 Å². The number of nitrogens with zero attached hydrogens (tertiary/aromatic N) is 1. The second-order valence-corrected chi connectivity index (χ2v) is 6.38. The highest BCUT2D eigenvalue weighted by Crippen LogP contribution is 2.46. The number of ether oxygens (including phenoxy) is 2. The molecule has 2 aliphatic heterocycles. The van der Waals surface area contributed by atoms with Crippen LogP contribution in [0.1, 0.15) is 44.7 Å². The first kappa shape index (κ1) is 15.6. The van der Waals surface area contributed by atoms with E-state index in [-0.39, 0.29) is 5.60 Å². The van der Waals surface area contributed by atoms with Crippen molar-refractivity contribution in [2.75, 3.05) is 33.3 Å². The zero-order valence-corrected chi connectivity index (χ0v) is 14.0. The molecule has 0 radical (unpaired) electrons. The predicted molar refractivity (Wildman–Crippen MR) is 88.7 cm³/mol. The fraction of sp³-hybridized carbons (Fsp3) is 0.667. The minimum atomic E-state index is -0.0160. The summed E-state index contributed by atoms with van der Waals surface area (Å²) in [5.41, 5.74) is 1.30. The van der Waals surface area contributed by atoms with Gasteiger partial charge in [-0.2, -0.15) is 0 Å². The molecule has 1 aromatic rings. The van der Waals surface area contributed by atoms with E-state index in [1.807, 2.05) is 0 Å². The van der Waals surface area contributed by atoms with Crippen LogP contribution in [0.3, 0.4) is 0 Å². The van der Waals surface area contributed by atoms with Crippen LogP contribution in [-0.4, -0.2) is 43.8 Å². The Morgan fingerprint density at radius 3 is 2.64 bits per heavy atom. The number of hydrogen-bond donors (Lipinski definition) is 1. The smallest absolute Gasteiger partial charge is 0.128 e. The summed E-state index contributed by atoms with van der Waals surface area (Å²) in [7, 11) is 1.72. The van der Waals surface area contributed by atoms with Gasteiger partial charge in [-0.25, -0.2) is 0 Å². The fourth-order valence-electron chi connectivity index (χ4n) is 3.92. The van der Waals surface area contributed by atoms with Crippen molar-refractivity contribution in [1.29, 1.82) is 0 Å². The van der Waals surface area contributed by atoms with Gasteiger partial charge in [0.15, 0.2) is 0 Å². The quantitative estimate of drug-likeness (QED) is 0.927. The average Bonchev–Trinajstić information content (AvgIpc) is 2.56. The third-order valence-corrected chi connectivity index (χ3v) is 5.24. The van der Waals surface area contributed by atoms with Crippen LogP contribution in [0.15, 0.2) is 18.2 Å². The van der Waals surface area contributed by atoms with Gasteiger partial charge in [-0.3, -0.25) is 4.90 Å². The lowest BCUT2D eigenvalue weighted by molar-refractivity contribution is -0.0184. The third-order valence-electron chi connectivity index (χ3n) is 5.24. The lowest BCUT2D eigenvalue weighted by atomic mass is 9.80. The molecule has 1 atom stereocenters. The van der Waals surface area contributed by atoms with Crippen LogP contribution >= 0.6 is 0 Å². The van der Waals surface area contributed by atoms with Gasteiger partial charge in [-0.15, -0.1) is 0 Å². The summed E-state index contributed by atoms with van der Waals surface area (Å²) in [6.07, 6.45) is 3.26. The molecular weight excluding hydrogens is 276 g/mol. The predicted octanol–water partition coefficient (Wildman–Crippen LogP) is 2.98. The van der Waals surface area contributed by atoms with Crippen LogP contribution in [-0.2, 0) is 0 Å². The number of rotatable bonds is 4. The Bertz CT molecular complexity index is 508. The SMILES string of the molecule is CCN(CC)C1CC2(CCNCC2)Oc2cc(OC)ccc21. The number of nitrogens with one attached hydrogen (secondary N) is 1. The molecule has 0 aliphatic carbocycles. The van der Waals surface area contributed by atoms with E-state index in [2.05, 4.69) is 42.3 Å². The zero-order chi connectivity index (χ0) is 15.6. The molecule has 1 N–H and O–H groups in total. The molecule has 0 aromatic heterocycles. The van der Waals surface area contributed by atoms with E-state index in [1.54, 1.807) is 7.11 Å². The van der Waals surface area contributed by atoms with Crippen LogP contribution in [0, 0.1) is 0 Å². The van der Waals surface area contributed by atoms with E-state index in [9.17, 15) is 0 Å². The second-order valence-electron chi connectivity index (χ2n) is 6.38. The summed E-state index contributed by atoms with van der Waals surface area (Å²) in [6.45, 7) is 8.73. The van der Waals surface area contributed by atoms with Crippen molar-refractivity contribution < 1.29 is 9.47 Å². The molecule has 122 valence electrons. The van der Waals surface area contributed by atoms with Crippen LogP contribution < -0.4 is 14.8 Å². The topological polar surface area (TPSA) is 33.7 Å². The second kappa shape index (κ2) is 6.47. The van der Waals surface area contributed by atoms with E-state index >= 15 is 0 Å². The summed E-state index contributed by atoms with van der Waals surface area (Å²) in [5, 5.41) is 3.46. The van der Waals surface area contributed by atoms with E-state index in [4.69, 9.17) is 9.47 Å². The van der Waals surface area contributed by atoms with Crippen molar-refractivity contribution >= 4 is 0 Å². The molecule has 1 fully saturated rings. The Morgan fingerprint density at radius 1 is 1.27 bits per heavy atom. The molecule has 2 aliphatic rings. The van der Waals surface area contributed by atoms with Crippen molar-refractivity contribution in [1.82, 2.24) is 10.2 Å². The molecule has 4 heteroatoms. The Balaban J connectivity index is 1.99. The molecular formula is C18H28N2O2. The number of hydrogen-bond acceptors (Lipinski definition) is 4. The van der Waals surface area contributed by atoms with Gasteiger partial charge in [0.1, 0.15) is 17.1 Å². The lowest BCUT2D eigenvalue weighted by Crippen LogP contribution is -2.51. The number of benzene rings is 1. The molecule has 0 saturated carbocycles. The maximum atomic E-state index is 6.53. The Morgan fingerprint density at radius 2 is 2.00 bits per heavy atom.